The summed E-state index contributed by atoms with van der Waals surface area (Å²) in [4.78, 5) is 35.1. The van der Waals surface area contributed by atoms with Gasteiger partial charge in [0.15, 0.2) is 31.5 Å². The number of benzene rings is 3. The summed E-state index contributed by atoms with van der Waals surface area (Å²) in [6.45, 7) is 11.6. The summed E-state index contributed by atoms with van der Waals surface area (Å²) < 4.78 is 63.2. The van der Waals surface area contributed by atoms with Gasteiger partial charge in [-0.05, 0) is 248 Å². The van der Waals surface area contributed by atoms with Crippen LogP contribution in [0, 0.1) is 35.5 Å². The molecule has 20 heteroatoms. The van der Waals surface area contributed by atoms with Gasteiger partial charge in [0.2, 0.25) is 17.7 Å². The second-order valence-corrected chi connectivity index (χ2v) is 33.9. The Balaban J connectivity index is 0.000000210. The molecule has 3 saturated carbocycles. The van der Waals surface area contributed by atoms with Crippen LogP contribution < -0.4 is 16.0 Å². The van der Waals surface area contributed by atoms with E-state index in [1.54, 1.807) is 6.08 Å². The third-order valence-corrected chi connectivity index (χ3v) is 24.5. The summed E-state index contributed by atoms with van der Waals surface area (Å²) in [6.07, 6.45) is 54.0. The van der Waals surface area contributed by atoms with Crippen molar-refractivity contribution in [2.24, 2.45) is 35.5 Å². The fourth-order valence-corrected chi connectivity index (χ4v) is 17.8. The van der Waals surface area contributed by atoms with Crippen LogP contribution in [0.5, 0.6) is 0 Å². The van der Waals surface area contributed by atoms with E-state index in [-0.39, 0.29) is 115 Å². The Labute approximate surface area is 719 Å². The normalized spacial score (nSPS) is 28.8. The van der Waals surface area contributed by atoms with Gasteiger partial charge in [-0.15, -0.1) is 0 Å². The number of unbranched alkanes of at least 4 members (excludes halogenated alkanes) is 3. The number of aryl methyl sites for hydroxylation is 3. The van der Waals surface area contributed by atoms with Gasteiger partial charge in [-0.25, -0.2) is 0 Å². The Bertz CT molecular complexity index is 3390. The van der Waals surface area contributed by atoms with Crippen LogP contribution in [0.3, 0.4) is 0 Å². The van der Waals surface area contributed by atoms with Crippen molar-refractivity contribution in [1.82, 2.24) is 16.0 Å². The standard InChI is InChI=1S/C40H61NO7.C35H53NO6.C25H37NO4/c1-2-41-37(42)19-9-4-3-8-18-33-34(26-25-32(46-38-20-10-13-27-43-38)24-23-31-16-6-5-7-17-31)36(48-40-22-12-15-29-45-40)30-35(33)47-39-21-11-14-28-44-39;1-2-36-33(38)17-9-4-3-8-16-29-30(32(26-31(29)37)42-35-19-11-13-25-40-35)23-22-28(41-34-18-10-12-24-39-34)21-20-27-14-6-5-7-15-27;1-2-26-25(30)13-9-4-3-8-12-21-22(24(29)18-23(21)28)17-16-20(27)15-14-19-10-6-5-7-11-19/h3,5-8,16-17,25-26,32-36,38-40H,2,4,9-15,18-24,27-30H2,1H3,(H,41,42);3,5-8,14-15,22-23,28-32,34-35,37H,2,4,9-13,16-21,24-26H2,1H3,(H,36,38);3,5-8,10-11,16-17,20-24,27-29H,2,4,9,12-15,18H2,1H3,(H,26,30)/b8-3-,26-25+;8-3-,23-22+;8-3-,17-16+/t32-,33+,34+,35-,36+,38?,39?,40?;28-,29+,30+,31-,32+,34?,35?;20-,21+,22+,23-,24+/m000/s1. The third kappa shape index (κ3) is 37.4. The topological polar surface area (TPSA) is 261 Å². The average molecular weight is 1670 g/mol. The molecule has 5 saturated heterocycles. The SMILES string of the molecule is CCNC(=O)CCC/C=C\C[C@@H]1[C@@H](/C=C/[C@@H](O)CCc2ccccc2)[C@H](O)C[C@@H]1O.CCNC(=O)CCC/C=C\C[C@@H]1[C@@H](/C=C/[C@H](CCc2ccccc2)OC2CCCCO2)[C@H](OC2CCCCO2)C[C@@H]1O.CCNC(=O)CCC/C=C\C[C@@H]1[C@@H](/C=C/[C@H](CCc2ccccc2)OC2CCCCO2)[C@H](OC2CCCCO2)C[C@@H]1OC1CCCCO1. The van der Waals surface area contributed by atoms with Crippen molar-refractivity contribution in [2.75, 3.05) is 52.7 Å². The van der Waals surface area contributed by atoms with Crippen molar-refractivity contribution in [1.29, 1.82) is 0 Å². The van der Waals surface area contributed by atoms with Gasteiger partial charge < -0.3 is 83.7 Å². The van der Waals surface area contributed by atoms with Crippen LogP contribution in [-0.4, -0.2) is 177 Å². The zero-order chi connectivity index (χ0) is 84.4. The molecule has 7 N–H and O–H groups in total. The van der Waals surface area contributed by atoms with Gasteiger partial charge in [0, 0.05) is 109 Å². The minimum atomic E-state index is -0.589. The Morgan fingerprint density at radius 2 is 0.733 bits per heavy atom. The molecule has 8 aliphatic rings. The van der Waals surface area contributed by atoms with E-state index in [1.165, 1.54) is 16.7 Å². The number of rotatable bonds is 46. The Morgan fingerprint density at radius 3 is 1.12 bits per heavy atom. The number of aliphatic hydroxyl groups excluding tert-OH is 4. The summed E-state index contributed by atoms with van der Waals surface area (Å²) in [7, 11) is 0. The Kier molecular flexibility index (Phi) is 47.4. The summed E-state index contributed by atoms with van der Waals surface area (Å²) in [5.74, 6) is 0.561. The molecule has 20 nitrogen and oxygen atoms in total. The third-order valence-electron chi connectivity index (χ3n) is 24.5. The molecule has 5 aliphatic heterocycles. The van der Waals surface area contributed by atoms with E-state index in [0.717, 1.165) is 219 Å². The molecule has 5 heterocycles. The van der Waals surface area contributed by atoms with Crippen LogP contribution in [0.4, 0.5) is 0 Å². The van der Waals surface area contributed by atoms with Gasteiger partial charge >= 0.3 is 0 Å². The molecule has 3 aromatic carbocycles. The molecule has 20 atom stereocenters. The molecular weight excluding hydrogens is 1520 g/mol. The van der Waals surface area contributed by atoms with Crippen molar-refractivity contribution in [3.8, 4) is 0 Å². The highest BCUT2D eigenvalue weighted by Crippen LogP contribution is 2.44. The Morgan fingerprint density at radius 1 is 0.392 bits per heavy atom. The molecule has 0 bridgehead atoms. The largest absolute Gasteiger partial charge is 0.393 e. The zero-order valence-corrected chi connectivity index (χ0v) is 72.8. The monoisotopic (exact) mass is 1670 g/mol. The van der Waals surface area contributed by atoms with Crippen LogP contribution in [-0.2, 0) is 81.0 Å². The first kappa shape index (κ1) is 97.8. The lowest BCUT2D eigenvalue weighted by Gasteiger charge is -2.30. The lowest BCUT2D eigenvalue weighted by atomic mass is 9.89. The van der Waals surface area contributed by atoms with E-state index in [0.29, 0.717) is 64.6 Å². The number of allylic oxidation sites excluding steroid dienone is 6. The number of hydrogen-bond acceptors (Lipinski definition) is 17. The lowest BCUT2D eigenvalue weighted by Crippen LogP contribution is -2.31. The van der Waals surface area contributed by atoms with Gasteiger partial charge in [-0.2, -0.15) is 0 Å². The second kappa shape index (κ2) is 58.2. The van der Waals surface area contributed by atoms with Crippen molar-refractivity contribution < 1.29 is 82.2 Å². The fourth-order valence-electron chi connectivity index (χ4n) is 17.8. The molecule has 120 heavy (non-hydrogen) atoms. The van der Waals surface area contributed by atoms with Crippen LogP contribution >= 0.6 is 0 Å². The number of aliphatic hydroxyl groups is 4. The van der Waals surface area contributed by atoms with E-state index in [2.05, 4.69) is 119 Å². The number of nitrogens with one attached hydrogen (secondary N) is 3. The molecule has 0 aromatic heterocycles. The highest BCUT2D eigenvalue weighted by Gasteiger charge is 2.46. The molecule has 0 spiro atoms. The highest BCUT2D eigenvalue weighted by atomic mass is 16.7. The van der Waals surface area contributed by atoms with Gasteiger partial charge in [0.25, 0.3) is 0 Å². The summed E-state index contributed by atoms with van der Waals surface area (Å²) in [5, 5.41) is 50.7. The van der Waals surface area contributed by atoms with Crippen LogP contribution in [0.25, 0.3) is 0 Å². The molecule has 11 rings (SSSR count). The lowest BCUT2D eigenvalue weighted by molar-refractivity contribution is -0.203. The molecule has 8 fully saturated rings. The molecule has 668 valence electrons. The summed E-state index contributed by atoms with van der Waals surface area (Å²) in [5.41, 5.74) is 3.80. The van der Waals surface area contributed by atoms with Crippen molar-refractivity contribution in [3.63, 3.8) is 0 Å². The van der Waals surface area contributed by atoms with Gasteiger partial charge in [0.1, 0.15) is 0 Å². The average Bonchev–Trinajstić information content (AvgIpc) is 1.67. The predicted molar refractivity (Wildman–Crippen MR) is 472 cm³/mol. The number of carbonyl (C=O) groups is 3. The molecule has 3 amide bonds. The van der Waals surface area contributed by atoms with Crippen molar-refractivity contribution in [2.45, 2.75) is 338 Å². The molecule has 5 unspecified atom stereocenters. The first-order valence-electron chi connectivity index (χ1n) is 46.8. The maximum absolute atomic E-state index is 11.9. The number of hydrogen-bond donors (Lipinski definition) is 7. The number of ether oxygens (including phenoxy) is 10. The summed E-state index contributed by atoms with van der Waals surface area (Å²) in [6, 6.07) is 31.3. The number of carbonyl (C=O) groups excluding carboxylic acids is 3. The second-order valence-electron chi connectivity index (χ2n) is 33.9. The maximum atomic E-state index is 11.9. The fraction of sp³-hybridized carbons (Fsp3) is 0.670. The predicted octanol–water partition coefficient (Wildman–Crippen LogP) is 17.2. The highest BCUT2D eigenvalue weighted by molar-refractivity contribution is 5.76. The molecular formula is C100H151N3O17. The van der Waals surface area contributed by atoms with Gasteiger partial charge in [-0.3, -0.25) is 14.4 Å². The van der Waals surface area contributed by atoms with E-state index < -0.39 is 24.4 Å². The van der Waals surface area contributed by atoms with E-state index in [1.807, 2.05) is 75.4 Å². The van der Waals surface area contributed by atoms with E-state index >= 15 is 0 Å². The minimum Gasteiger partial charge on any atom is -0.393 e. The summed E-state index contributed by atoms with van der Waals surface area (Å²) >= 11 is 0. The molecule has 3 aromatic rings. The molecule has 0 radical (unpaired) electrons. The van der Waals surface area contributed by atoms with Crippen LogP contribution in [0.15, 0.2) is 164 Å². The molecule has 3 aliphatic carbocycles. The van der Waals surface area contributed by atoms with Crippen molar-refractivity contribution >= 4 is 17.7 Å². The minimum absolute atomic E-state index is 0.0155. The van der Waals surface area contributed by atoms with Crippen LogP contribution in [0.1, 0.15) is 249 Å². The number of amides is 3. The quantitative estimate of drug-likeness (QED) is 0.0205. The first-order valence-corrected chi connectivity index (χ1v) is 46.8. The van der Waals surface area contributed by atoms with Crippen molar-refractivity contribution in [3.05, 3.63) is 181 Å². The maximum Gasteiger partial charge on any atom is 0.219 e. The smallest absolute Gasteiger partial charge is 0.219 e. The van der Waals surface area contributed by atoms with Gasteiger partial charge in [-0.1, -0.05) is 164 Å². The van der Waals surface area contributed by atoms with E-state index in [9.17, 15) is 34.8 Å². The zero-order valence-electron chi connectivity index (χ0n) is 72.8. The van der Waals surface area contributed by atoms with Gasteiger partial charge in [0.05, 0.1) is 54.9 Å². The first-order chi connectivity index (χ1) is 58.8. The van der Waals surface area contributed by atoms with E-state index in [4.69, 9.17) is 47.4 Å². The Hall–Kier alpha value is -6.05. The van der Waals surface area contributed by atoms with Crippen LogP contribution in [0.2, 0.25) is 0 Å².